The highest BCUT2D eigenvalue weighted by Crippen LogP contribution is 2.22. The maximum absolute atomic E-state index is 6.00. The number of benzene rings is 2. The molecular formula is C17H19Cl2NO. The van der Waals surface area contributed by atoms with Gasteiger partial charge in [0.2, 0.25) is 0 Å². The lowest BCUT2D eigenvalue weighted by atomic mass is 10.2. The van der Waals surface area contributed by atoms with Gasteiger partial charge in [-0.15, -0.1) is 12.4 Å². The SMILES string of the molecule is Cl.Clc1cccc(OC2CCN(Cc3ccccc3)C2)c1. The van der Waals surface area contributed by atoms with Gasteiger partial charge in [-0.2, -0.15) is 0 Å². The molecule has 112 valence electrons. The highest BCUT2D eigenvalue weighted by atomic mass is 35.5. The minimum Gasteiger partial charge on any atom is -0.489 e. The first-order chi connectivity index (χ1) is 9.79. The van der Waals surface area contributed by atoms with E-state index >= 15 is 0 Å². The van der Waals surface area contributed by atoms with Crippen molar-refractivity contribution in [2.24, 2.45) is 0 Å². The third kappa shape index (κ3) is 4.63. The predicted octanol–water partition coefficient (Wildman–Crippen LogP) is 4.42. The highest BCUT2D eigenvalue weighted by molar-refractivity contribution is 6.30. The summed E-state index contributed by atoms with van der Waals surface area (Å²) in [6.07, 6.45) is 1.33. The molecule has 3 rings (SSSR count). The Morgan fingerprint density at radius 2 is 1.90 bits per heavy atom. The number of halogens is 2. The number of likely N-dealkylation sites (tertiary alicyclic amines) is 1. The summed E-state index contributed by atoms with van der Waals surface area (Å²) in [6, 6.07) is 18.2. The molecule has 1 fully saturated rings. The predicted molar refractivity (Wildman–Crippen MR) is 89.5 cm³/mol. The minimum absolute atomic E-state index is 0. The Bertz CT molecular complexity index is 562. The molecule has 1 atom stereocenters. The molecule has 1 aliphatic rings. The van der Waals surface area contributed by atoms with Crippen LogP contribution in [0, 0.1) is 0 Å². The molecule has 2 aromatic rings. The summed E-state index contributed by atoms with van der Waals surface area (Å²) >= 11 is 5.98. The third-order valence-corrected chi connectivity index (χ3v) is 3.81. The maximum atomic E-state index is 6.00. The van der Waals surface area contributed by atoms with E-state index in [4.69, 9.17) is 16.3 Å². The van der Waals surface area contributed by atoms with Gasteiger partial charge < -0.3 is 4.74 Å². The van der Waals surface area contributed by atoms with Crippen molar-refractivity contribution in [1.82, 2.24) is 4.90 Å². The molecule has 1 saturated heterocycles. The molecule has 1 heterocycles. The molecule has 1 aliphatic heterocycles. The van der Waals surface area contributed by atoms with Gasteiger partial charge in [-0.05, 0) is 30.2 Å². The Morgan fingerprint density at radius 1 is 1.10 bits per heavy atom. The van der Waals surface area contributed by atoms with Crippen molar-refractivity contribution >= 4 is 24.0 Å². The van der Waals surface area contributed by atoms with Crippen LogP contribution in [-0.2, 0) is 6.54 Å². The van der Waals surface area contributed by atoms with Crippen molar-refractivity contribution in [3.05, 3.63) is 65.2 Å². The molecule has 0 N–H and O–H groups in total. The second-order valence-corrected chi connectivity index (χ2v) is 5.64. The largest absolute Gasteiger partial charge is 0.489 e. The van der Waals surface area contributed by atoms with Gasteiger partial charge in [0.05, 0.1) is 0 Å². The van der Waals surface area contributed by atoms with Gasteiger partial charge in [0.1, 0.15) is 11.9 Å². The van der Waals surface area contributed by atoms with Gasteiger partial charge in [0.15, 0.2) is 0 Å². The molecule has 1 unspecified atom stereocenters. The molecule has 0 aromatic heterocycles. The highest BCUT2D eigenvalue weighted by Gasteiger charge is 2.23. The molecule has 0 spiro atoms. The van der Waals surface area contributed by atoms with Crippen molar-refractivity contribution < 1.29 is 4.74 Å². The lowest BCUT2D eigenvalue weighted by Crippen LogP contribution is -2.24. The first-order valence-electron chi connectivity index (χ1n) is 6.98. The molecule has 4 heteroatoms. The van der Waals surface area contributed by atoms with E-state index in [1.165, 1.54) is 5.56 Å². The van der Waals surface area contributed by atoms with Gasteiger partial charge in [-0.3, -0.25) is 4.90 Å². The molecule has 2 aromatic carbocycles. The minimum atomic E-state index is 0. The lowest BCUT2D eigenvalue weighted by Gasteiger charge is -2.17. The summed E-state index contributed by atoms with van der Waals surface area (Å²) in [4.78, 5) is 2.44. The van der Waals surface area contributed by atoms with Crippen LogP contribution >= 0.6 is 24.0 Å². The molecule has 21 heavy (non-hydrogen) atoms. The smallest absolute Gasteiger partial charge is 0.121 e. The number of ether oxygens (including phenoxy) is 1. The van der Waals surface area contributed by atoms with E-state index in [0.29, 0.717) is 0 Å². The van der Waals surface area contributed by atoms with E-state index in [-0.39, 0.29) is 18.5 Å². The third-order valence-electron chi connectivity index (χ3n) is 3.58. The van der Waals surface area contributed by atoms with Crippen molar-refractivity contribution in [3.63, 3.8) is 0 Å². The average Bonchev–Trinajstić information content (AvgIpc) is 2.87. The van der Waals surface area contributed by atoms with E-state index < -0.39 is 0 Å². The topological polar surface area (TPSA) is 12.5 Å². The zero-order chi connectivity index (χ0) is 13.8. The molecule has 0 radical (unpaired) electrons. The summed E-state index contributed by atoms with van der Waals surface area (Å²) in [5.41, 5.74) is 1.36. The first kappa shape index (κ1) is 16.2. The monoisotopic (exact) mass is 323 g/mol. The van der Waals surface area contributed by atoms with E-state index in [1.54, 1.807) is 0 Å². The van der Waals surface area contributed by atoms with E-state index in [0.717, 1.165) is 36.8 Å². The van der Waals surface area contributed by atoms with Crippen LogP contribution in [-0.4, -0.2) is 24.1 Å². The van der Waals surface area contributed by atoms with E-state index in [9.17, 15) is 0 Å². The fourth-order valence-electron chi connectivity index (χ4n) is 2.61. The van der Waals surface area contributed by atoms with Gasteiger partial charge in [0, 0.05) is 24.7 Å². The fourth-order valence-corrected chi connectivity index (χ4v) is 2.79. The number of hydrogen-bond donors (Lipinski definition) is 0. The van der Waals surface area contributed by atoms with Gasteiger partial charge in [0.25, 0.3) is 0 Å². The molecule has 0 aliphatic carbocycles. The van der Waals surface area contributed by atoms with Gasteiger partial charge in [-0.25, -0.2) is 0 Å². The maximum Gasteiger partial charge on any atom is 0.121 e. The van der Waals surface area contributed by atoms with Crippen molar-refractivity contribution in [3.8, 4) is 5.75 Å². The van der Waals surface area contributed by atoms with Crippen LogP contribution in [0.2, 0.25) is 5.02 Å². The molecule has 0 saturated carbocycles. The summed E-state index contributed by atoms with van der Waals surface area (Å²) < 4.78 is 6.00. The van der Waals surface area contributed by atoms with Crippen molar-refractivity contribution in [1.29, 1.82) is 0 Å². The average molecular weight is 324 g/mol. The van der Waals surface area contributed by atoms with Crippen molar-refractivity contribution in [2.45, 2.75) is 19.1 Å². The van der Waals surface area contributed by atoms with Gasteiger partial charge >= 0.3 is 0 Å². The van der Waals surface area contributed by atoms with E-state index in [1.807, 2.05) is 24.3 Å². The Balaban J connectivity index is 0.00000161. The zero-order valence-corrected chi connectivity index (χ0v) is 13.3. The summed E-state index contributed by atoms with van der Waals surface area (Å²) in [5.74, 6) is 0.865. The number of nitrogens with zero attached hydrogens (tertiary/aromatic N) is 1. The quantitative estimate of drug-likeness (QED) is 0.826. The Labute approximate surface area is 137 Å². The Kier molecular flexibility index (Phi) is 5.92. The second kappa shape index (κ2) is 7.69. The fraction of sp³-hybridized carbons (Fsp3) is 0.294. The Hall–Kier alpha value is -1.22. The van der Waals surface area contributed by atoms with Crippen LogP contribution in [0.5, 0.6) is 5.75 Å². The summed E-state index contributed by atoms with van der Waals surface area (Å²) in [6.45, 7) is 3.05. The molecule has 0 bridgehead atoms. The van der Waals surface area contributed by atoms with Crippen LogP contribution in [0.15, 0.2) is 54.6 Å². The zero-order valence-electron chi connectivity index (χ0n) is 11.7. The van der Waals surface area contributed by atoms with Crippen LogP contribution < -0.4 is 4.74 Å². The van der Waals surface area contributed by atoms with Crippen LogP contribution in [0.3, 0.4) is 0 Å². The van der Waals surface area contributed by atoms with Crippen molar-refractivity contribution in [2.75, 3.05) is 13.1 Å². The van der Waals surface area contributed by atoms with Gasteiger partial charge in [-0.1, -0.05) is 48.0 Å². The van der Waals surface area contributed by atoms with Crippen LogP contribution in [0.1, 0.15) is 12.0 Å². The molecular weight excluding hydrogens is 305 g/mol. The lowest BCUT2D eigenvalue weighted by molar-refractivity contribution is 0.198. The van der Waals surface area contributed by atoms with Crippen LogP contribution in [0.4, 0.5) is 0 Å². The van der Waals surface area contributed by atoms with E-state index in [2.05, 4.69) is 35.2 Å². The molecule has 2 nitrogen and oxygen atoms in total. The van der Waals surface area contributed by atoms with Crippen LogP contribution in [0.25, 0.3) is 0 Å². The first-order valence-corrected chi connectivity index (χ1v) is 7.36. The molecule has 0 amide bonds. The Morgan fingerprint density at radius 3 is 2.67 bits per heavy atom. The normalized spacial score (nSPS) is 18.2. The number of hydrogen-bond acceptors (Lipinski definition) is 2. The standard InChI is InChI=1S/C17H18ClNO.ClH/c18-15-7-4-8-16(11-15)20-17-9-10-19(13-17)12-14-5-2-1-3-6-14;/h1-8,11,17H,9-10,12-13H2;1H. The summed E-state index contributed by atoms with van der Waals surface area (Å²) in [5, 5.41) is 0.724. The summed E-state index contributed by atoms with van der Waals surface area (Å²) in [7, 11) is 0. The number of rotatable bonds is 4. The second-order valence-electron chi connectivity index (χ2n) is 5.21.